The Kier molecular flexibility index (Phi) is 4.90. The smallest absolute Gasteiger partial charge is 0.265 e. The highest BCUT2D eigenvalue weighted by atomic mass is 32.2. The summed E-state index contributed by atoms with van der Waals surface area (Å²) in [5, 5.41) is 5.39. The Hall–Kier alpha value is -2.91. The summed E-state index contributed by atoms with van der Waals surface area (Å²) in [6.45, 7) is 1.64. The number of hydrogen-bond acceptors (Lipinski definition) is 5. The minimum Gasteiger partial charge on any atom is -0.479 e. The molecule has 3 rings (SSSR count). The van der Waals surface area contributed by atoms with Gasteiger partial charge in [-0.3, -0.25) is 9.59 Å². The first-order valence-corrected chi connectivity index (χ1v) is 9.58. The Morgan fingerprint density at radius 3 is 2.63 bits per heavy atom. The van der Waals surface area contributed by atoms with Crippen LogP contribution in [-0.2, 0) is 14.8 Å². The van der Waals surface area contributed by atoms with E-state index in [0.29, 0.717) is 17.1 Å². The van der Waals surface area contributed by atoms with Crippen molar-refractivity contribution >= 4 is 33.2 Å². The van der Waals surface area contributed by atoms with E-state index in [0.717, 1.165) is 4.31 Å². The van der Waals surface area contributed by atoms with Gasteiger partial charge in [0.2, 0.25) is 10.0 Å². The van der Waals surface area contributed by atoms with E-state index >= 15 is 0 Å². The third-order valence-corrected chi connectivity index (χ3v) is 5.85. The average molecular weight is 389 g/mol. The Balaban J connectivity index is 1.83. The van der Waals surface area contributed by atoms with Crippen LogP contribution in [0.1, 0.15) is 17.3 Å². The topological polar surface area (TPSA) is 105 Å². The zero-order chi connectivity index (χ0) is 19.8. The summed E-state index contributed by atoms with van der Waals surface area (Å²) in [7, 11) is -0.794. The van der Waals surface area contributed by atoms with Crippen molar-refractivity contribution in [3.05, 3.63) is 48.0 Å². The molecule has 142 valence electrons. The van der Waals surface area contributed by atoms with Gasteiger partial charge in [-0.25, -0.2) is 12.7 Å². The zero-order valence-electron chi connectivity index (χ0n) is 15.0. The van der Waals surface area contributed by atoms with Crippen LogP contribution in [0.5, 0.6) is 5.75 Å². The van der Waals surface area contributed by atoms with E-state index in [-0.39, 0.29) is 16.4 Å². The maximum atomic E-state index is 12.5. The van der Waals surface area contributed by atoms with Gasteiger partial charge in [0.25, 0.3) is 11.8 Å². The molecule has 27 heavy (non-hydrogen) atoms. The van der Waals surface area contributed by atoms with Gasteiger partial charge in [-0.05, 0) is 43.3 Å². The Morgan fingerprint density at radius 2 is 1.93 bits per heavy atom. The Bertz CT molecular complexity index is 1020. The van der Waals surface area contributed by atoms with Crippen LogP contribution in [0.3, 0.4) is 0 Å². The van der Waals surface area contributed by atoms with Crippen molar-refractivity contribution in [1.29, 1.82) is 0 Å². The number of anilines is 2. The van der Waals surface area contributed by atoms with Gasteiger partial charge in [-0.1, -0.05) is 6.07 Å². The summed E-state index contributed by atoms with van der Waals surface area (Å²) in [4.78, 5) is 24.3. The minimum atomic E-state index is -3.64. The van der Waals surface area contributed by atoms with Gasteiger partial charge in [0.1, 0.15) is 5.75 Å². The normalized spacial score (nSPS) is 16.3. The van der Waals surface area contributed by atoms with Crippen LogP contribution in [0.15, 0.2) is 47.4 Å². The molecule has 9 heteroatoms. The lowest BCUT2D eigenvalue weighted by Gasteiger charge is -2.23. The summed E-state index contributed by atoms with van der Waals surface area (Å²) < 4.78 is 31.0. The SMILES string of the molecule is C[C@H]1Oc2ccc(NC(=O)c3cccc(S(=O)(=O)N(C)C)c3)cc2NC1=O. The van der Waals surface area contributed by atoms with Crippen molar-refractivity contribution in [1.82, 2.24) is 4.31 Å². The van der Waals surface area contributed by atoms with E-state index in [2.05, 4.69) is 10.6 Å². The van der Waals surface area contributed by atoms with Gasteiger partial charge in [0.05, 0.1) is 10.6 Å². The van der Waals surface area contributed by atoms with E-state index in [1.54, 1.807) is 25.1 Å². The number of benzene rings is 2. The first-order valence-electron chi connectivity index (χ1n) is 8.14. The van der Waals surface area contributed by atoms with Gasteiger partial charge < -0.3 is 15.4 Å². The maximum absolute atomic E-state index is 12.5. The predicted molar refractivity (Wildman–Crippen MR) is 100 cm³/mol. The lowest BCUT2D eigenvalue weighted by atomic mass is 10.2. The number of rotatable bonds is 4. The number of amides is 2. The predicted octanol–water partition coefficient (Wildman–Crippen LogP) is 1.91. The molecule has 0 bridgehead atoms. The molecule has 0 saturated carbocycles. The second kappa shape index (κ2) is 7.01. The molecular formula is C18H19N3O5S. The van der Waals surface area contributed by atoms with Crippen molar-refractivity contribution in [3.63, 3.8) is 0 Å². The largest absolute Gasteiger partial charge is 0.479 e. The molecule has 0 aromatic heterocycles. The minimum absolute atomic E-state index is 0.0280. The molecule has 0 spiro atoms. The van der Waals surface area contributed by atoms with Crippen molar-refractivity contribution in [2.45, 2.75) is 17.9 Å². The number of nitrogens with one attached hydrogen (secondary N) is 2. The lowest BCUT2D eigenvalue weighted by molar-refractivity contribution is -0.122. The maximum Gasteiger partial charge on any atom is 0.265 e. The molecule has 1 aliphatic heterocycles. The fraction of sp³-hybridized carbons (Fsp3) is 0.222. The second-order valence-electron chi connectivity index (χ2n) is 6.23. The second-order valence-corrected chi connectivity index (χ2v) is 8.38. The molecule has 0 radical (unpaired) electrons. The molecule has 2 aromatic carbocycles. The molecule has 1 heterocycles. The highest BCUT2D eigenvalue weighted by molar-refractivity contribution is 7.89. The number of fused-ring (bicyclic) bond motifs is 1. The first kappa shape index (κ1) is 18.9. The summed E-state index contributed by atoms with van der Waals surface area (Å²) in [5.41, 5.74) is 1.10. The van der Waals surface area contributed by atoms with Gasteiger partial charge in [0.15, 0.2) is 6.10 Å². The molecule has 1 atom stereocenters. The molecule has 2 aromatic rings. The van der Waals surface area contributed by atoms with E-state index < -0.39 is 22.0 Å². The monoisotopic (exact) mass is 389 g/mol. The molecule has 0 unspecified atom stereocenters. The van der Waals surface area contributed by atoms with Crippen LogP contribution >= 0.6 is 0 Å². The Labute approximate surface area is 157 Å². The molecule has 8 nitrogen and oxygen atoms in total. The third kappa shape index (κ3) is 3.79. The highest BCUT2D eigenvalue weighted by Gasteiger charge is 2.24. The summed E-state index contributed by atoms with van der Waals surface area (Å²) in [5.74, 6) is -0.228. The van der Waals surface area contributed by atoms with Crippen molar-refractivity contribution in [3.8, 4) is 5.75 Å². The fourth-order valence-corrected chi connectivity index (χ4v) is 3.45. The summed E-state index contributed by atoms with van der Waals surface area (Å²) in [6.07, 6.45) is -0.584. The lowest BCUT2D eigenvalue weighted by Crippen LogP contribution is -2.34. The molecule has 0 aliphatic carbocycles. The van der Waals surface area contributed by atoms with Gasteiger partial charge in [-0.2, -0.15) is 0 Å². The van der Waals surface area contributed by atoms with Crippen molar-refractivity contribution in [2.75, 3.05) is 24.7 Å². The summed E-state index contributed by atoms with van der Waals surface area (Å²) >= 11 is 0. The number of carbonyl (C=O) groups is 2. The number of nitrogens with zero attached hydrogens (tertiary/aromatic N) is 1. The quantitative estimate of drug-likeness (QED) is 0.831. The van der Waals surface area contributed by atoms with Crippen LogP contribution in [0, 0.1) is 0 Å². The standard InChI is InChI=1S/C18H19N3O5S/c1-11-17(22)20-15-10-13(7-8-16(15)26-11)19-18(23)12-5-4-6-14(9-12)27(24,25)21(2)3/h4-11H,1-3H3,(H,19,23)(H,20,22)/t11-/m1/s1. The van der Waals surface area contributed by atoms with Crippen LogP contribution in [0.25, 0.3) is 0 Å². The van der Waals surface area contributed by atoms with Crippen LogP contribution in [-0.4, -0.2) is 44.7 Å². The van der Waals surface area contributed by atoms with E-state index in [1.807, 2.05) is 0 Å². The number of hydrogen-bond donors (Lipinski definition) is 2. The van der Waals surface area contributed by atoms with Crippen molar-refractivity contribution in [2.24, 2.45) is 0 Å². The third-order valence-electron chi connectivity index (χ3n) is 4.04. The molecule has 2 N–H and O–H groups in total. The number of sulfonamides is 1. The van der Waals surface area contributed by atoms with Gasteiger partial charge >= 0.3 is 0 Å². The average Bonchev–Trinajstić information content (AvgIpc) is 2.63. The molecule has 0 saturated heterocycles. The van der Waals surface area contributed by atoms with Crippen molar-refractivity contribution < 1.29 is 22.7 Å². The number of ether oxygens (including phenoxy) is 1. The van der Waals surface area contributed by atoms with Crippen LogP contribution in [0.2, 0.25) is 0 Å². The number of carbonyl (C=O) groups excluding carboxylic acids is 2. The fourth-order valence-electron chi connectivity index (χ4n) is 2.50. The molecule has 0 fully saturated rings. The van der Waals surface area contributed by atoms with E-state index in [4.69, 9.17) is 4.74 Å². The molecular weight excluding hydrogens is 370 g/mol. The van der Waals surface area contributed by atoms with E-state index in [1.165, 1.54) is 38.4 Å². The first-order chi connectivity index (χ1) is 12.7. The summed E-state index contributed by atoms with van der Waals surface area (Å²) in [6, 6.07) is 10.6. The molecule has 2 amide bonds. The van der Waals surface area contributed by atoms with Gasteiger partial charge in [-0.15, -0.1) is 0 Å². The van der Waals surface area contributed by atoms with Crippen LogP contribution < -0.4 is 15.4 Å². The highest BCUT2D eigenvalue weighted by Crippen LogP contribution is 2.32. The van der Waals surface area contributed by atoms with E-state index in [9.17, 15) is 18.0 Å². The molecule has 1 aliphatic rings. The van der Waals surface area contributed by atoms with Crippen LogP contribution in [0.4, 0.5) is 11.4 Å². The zero-order valence-corrected chi connectivity index (χ0v) is 15.8. The van der Waals surface area contributed by atoms with Gasteiger partial charge in [0, 0.05) is 25.3 Å². The Morgan fingerprint density at radius 1 is 1.19 bits per heavy atom.